The molecule has 4 heteroatoms. The van der Waals surface area contributed by atoms with Crippen molar-refractivity contribution in [2.24, 2.45) is 0 Å². The van der Waals surface area contributed by atoms with Gasteiger partial charge in [0, 0.05) is 11.1 Å². The maximum absolute atomic E-state index is 12.6. The van der Waals surface area contributed by atoms with Crippen LogP contribution >= 0.6 is 11.3 Å². The molecule has 0 saturated heterocycles. The zero-order chi connectivity index (χ0) is 9.97. The van der Waals surface area contributed by atoms with Gasteiger partial charge in [0.2, 0.25) is 0 Å². The van der Waals surface area contributed by atoms with Crippen molar-refractivity contribution in [1.29, 1.82) is 0 Å². The van der Waals surface area contributed by atoms with Crippen LogP contribution in [-0.4, -0.2) is 4.98 Å². The van der Waals surface area contributed by atoms with Crippen molar-refractivity contribution in [3.05, 3.63) is 41.2 Å². The summed E-state index contributed by atoms with van der Waals surface area (Å²) in [5.41, 5.74) is 0. The second kappa shape index (κ2) is 3.75. The summed E-state index contributed by atoms with van der Waals surface area (Å²) in [6.45, 7) is 1.95. The smallest absolute Gasteiger partial charge is 0.278 e. The number of aromatic nitrogens is 1. The number of rotatable bonds is 2. The van der Waals surface area contributed by atoms with Crippen molar-refractivity contribution in [2.75, 3.05) is 0 Å². The maximum atomic E-state index is 12.6. The summed E-state index contributed by atoms with van der Waals surface area (Å²) >= 11 is 1.46. The van der Waals surface area contributed by atoms with Crippen LogP contribution in [0.1, 0.15) is 4.88 Å². The van der Waals surface area contributed by atoms with E-state index >= 15 is 0 Å². The molecule has 0 aliphatic heterocycles. The second-order valence-electron chi connectivity index (χ2n) is 2.79. The topological polar surface area (TPSA) is 22.1 Å². The first-order chi connectivity index (χ1) is 6.74. The van der Waals surface area contributed by atoms with Crippen molar-refractivity contribution in [3.63, 3.8) is 0 Å². The standard InChI is InChI=1S/C10H8FNOS/c1-7-6-12-10(14-7)13-9-4-2-8(11)3-5-9/h2-6H,1H3. The van der Waals surface area contributed by atoms with E-state index in [4.69, 9.17) is 4.74 Å². The molecule has 0 atom stereocenters. The van der Waals surface area contributed by atoms with Crippen molar-refractivity contribution in [3.8, 4) is 10.9 Å². The molecule has 2 nitrogen and oxygen atoms in total. The summed E-state index contributed by atoms with van der Waals surface area (Å²) in [5, 5.41) is 0.578. The third kappa shape index (κ3) is 2.09. The highest BCUT2D eigenvalue weighted by Crippen LogP contribution is 2.25. The number of hydrogen-bond donors (Lipinski definition) is 0. The molecule has 0 aliphatic carbocycles. The van der Waals surface area contributed by atoms with Crippen LogP contribution in [0.15, 0.2) is 30.5 Å². The van der Waals surface area contributed by atoms with E-state index in [1.165, 1.54) is 23.5 Å². The fourth-order valence-corrected chi connectivity index (χ4v) is 1.61. The second-order valence-corrected chi connectivity index (χ2v) is 3.99. The van der Waals surface area contributed by atoms with Gasteiger partial charge in [-0.1, -0.05) is 11.3 Å². The van der Waals surface area contributed by atoms with Gasteiger partial charge in [0.05, 0.1) is 0 Å². The lowest BCUT2D eigenvalue weighted by Gasteiger charge is -1.99. The first-order valence-electron chi connectivity index (χ1n) is 4.10. The molecule has 0 aliphatic rings. The zero-order valence-electron chi connectivity index (χ0n) is 7.53. The summed E-state index contributed by atoms with van der Waals surface area (Å²) in [7, 11) is 0. The molecule has 0 fully saturated rings. The first kappa shape index (κ1) is 9.15. The molecule has 1 aromatic heterocycles. The molecular weight excluding hydrogens is 201 g/mol. The summed E-state index contributed by atoms with van der Waals surface area (Å²) in [5.74, 6) is 0.327. The lowest BCUT2D eigenvalue weighted by molar-refractivity contribution is 0.477. The molecule has 0 radical (unpaired) electrons. The van der Waals surface area contributed by atoms with Crippen LogP contribution in [0.3, 0.4) is 0 Å². The van der Waals surface area contributed by atoms with Crippen LogP contribution in [0, 0.1) is 12.7 Å². The Hall–Kier alpha value is -1.42. The Morgan fingerprint density at radius 3 is 2.57 bits per heavy atom. The van der Waals surface area contributed by atoms with E-state index in [9.17, 15) is 4.39 Å². The number of halogens is 1. The Kier molecular flexibility index (Phi) is 2.45. The lowest BCUT2D eigenvalue weighted by Crippen LogP contribution is -1.82. The summed E-state index contributed by atoms with van der Waals surface area (Å²) in [4.78, 5) is 5.12. The molecule has 0 N–H and O–H groups in total. The molecule has 0 spiro atoms. The molecule has 1 aromatic carbocycles. The zero-order valence-corrected chi connectivity index (χ0v) is 8.34. The maximum Gasteiger partial charge on any atom is 0.278 e. The number of ether oxygens (including phenoxy) is 1. The van der Waals surface area contributed by atoms with Crippen LogP contribution < -0.4 is 4.74 Å². The van der Waals surface area contributed by atoms with Crippen LogP contribution in [0.25, 0.3) is 0 Å². The quantitative estimate of drug-likeness (QED) is 0.756. The largest absolute Gasteiger partial charge is 0.431 e. The van der Waals surface area contributed by atoms with Crippen molar-refractivity contribution < 1.29 is 9.13 Å². The Labute approximate surface area is 85.0 Å². The third-order valence-electron chi connectivity index (χ3n) is 1.62. The molecule has 0 saturated carbocycles. The molecular formula is C10H8FNOS. The molecule has 0 unspecified atom stereocenters. The van der Waals surface area contributed by atoms with Crippen LogP contribution in [-0.2, 0) is 0 Å². The molecule has 0 bridgehead atoms. The van der Waals surface area contributed by atoms with Gasteiger partial charge in [0.1, 0.15) is 11.6 Å². The number of nitrogens with zero attached hydrogens (tertiary/aromatic N) is 1. The predicted octanol–water partition coefficient (Wildman–Crippen LogP) is 3.38. The Morgan fingerprint density at radius 2 is 2.00 bits per heavy atom. The molecule has 14 heavy (non-hydrogen) atoms. The van der Waals surface area contributed by atoms with Crippen molar-refractivity contribution >= 4 is 11.3 Å². The van der Waals surface area contributed by atoms with E-state index in [1.807, 2.05) is 6.92 Å². The lowest BCUT2D eigenvalue weighted by atomic mass is 10.3. The molecule has 2 rings (SSSR count). The van der Waals surface area contributed by atoms with Crippen molar-refractivity contribution in [2.45, 2.75) is 6.92 Å². The van der Waals surface area contributed by atoms with E-state index in [0.29, 0.717) is 10.9 Å². The van der Waals surface area contributed by atoms with Crippen LogP contribution in [0.5, 0.6) is 10.9 Å². The molecule has 72 valence electrons. The minimum Gasteiger partial charge on any atom is -0.431 e. The van der Waals surface area contributed by atoms with E-state index in [0.717, 1.165) is 4.88 Å². The fraction of sp³-hybridized carbons (Fsp3) is 0.100. The van der Waals surface area contributed by atoms with Gasteiger partial charge in [-0.25, -0.2) is 9.37 Å². The Bertz CT molecular complexity index is 424. The average molecular weight is 209 g/mol. The van der Waals surface area contributed by atoms with Gasteiger partial charge in [-0.15, -0.1) is 0 Å². The fourth-order valence-electron chi connectivity index (χ4n) is 0.985. The molecule has 2 aromatic rings. The van der Waals surface area contributed by atoms with E-state index in [-0.39, 0.29) is 5.82 Å². The third-order valence-corrected chi connectivity index (χ3v) is 2.41. The van der Waals surface area contributed by atoms with Gasteiger partial charge >= 0.3 is 0 Å². The Morgan fingerprint density at radius 1 is 1.29 bits per heavy atom. The average Bonchev–Trinajstić information content (AvgIpc) is 2.56. The van der Waals surface area contributed by atoms with Gasteiger partial charge in [-0.3, -0.25) is 0 Å². The van der Waals surface area contributed by atoms with Crippen LogP contribution in [0.4, 0.5) is 4.39 Å². The van der Waals surface area contributed by atoms with Gasteiger partial charge in [0.25, 0.3) is 5.19 Å². The van der Waals surface area contributed by atoms with Gasteiger partial charge in [-0.05, 0) is 31.2 Å². The summed E-state index contributed by atoms with van der Waals surface area (Å²) in [6.07, 6.45) is 1.74. The highest BCUT2D eigenvalue weighted by Gasteiger charge is 2.01. The first-order valence-corrected chi connectivity index (χ1v) is 4.91. The van der Waals surface area contributed by atoms with E-state index in [1.54, 1.807) is 18.3 Å². The van der Waals surface area contributed by atoms with Gasteiger partial charge in [-0.2, -0.15) is 0 Å². The Balaban J connectivity index is 2.15. The molecule has 1 heterocycles. The normalized spacial score (nSPS) is 10.1. The van der Waals surface area contributed by atoms with Crippen molar-refractivity contribution in [1.82, 2.24) is 4.98 Å². The minimum atomic E-state index is -0.271. The SMILES string of the molecule is Cc1cnc(Oc2ccc(F)cc2)s1. The highest BCUT2D eigenvalue weighted by molar-refractivity contribution is 7.13. The van der Waals surface area contributed by atoms with Crippen LogP contribution in [0.2, 0.25) is 0 Å². The molecule has 0 amide bonds. The van der Waals surface area contributed by atoms with E-state index < -0.39 is 0 Å². The van der Waals surface area contributed by atoms with Gasteiger partial charge in [0.15, 0.2) is 0 Å². The number of hydrogen-bond acceptors (Lipinski definition) is 3. The summed E-state index contributed by atoms with van der Waals surface area (Å²) in [6, 6.07) is 5.86. The number of thiazole rings is 1. The number of aryl methyl sites for hydroxylation is 1. The minimum absolute atomic E-state index is 0.271. The predicted molar refractivity (Wildman–Crippen MR) is 53.3 cm³/mol. The van der Waals surface area contributed by atoms with E-state index in [2.05, 4.69) is 4.98 Å². The monoisotopic (exact) mass is 209 g/mol. The highest BCUT2D eigenvalue weighted by atomic mass is 32.1. The van der Waals surface area contributed by atoms with Gasteiger partial charge < -0.3 is 4.74 Å². The number of benzene rings is 1. The summed E-state index contributed by atoms with van der Waals surface area (Å²) < 4.78 is 18.0.